The number of anilines is 3. The SMILES string of the molecule is O=C(Nc1cccc(SCC(=O)N(c2ccccc2)c2ccccc2)c1)/C(=C/c1ccc([N+](=O)[O-])cc1)NC(=O)c1ccccc1. The monoisotopic (exact) mass is 628 g/mol. The Kier molecular flexibility index (Phi) is 10.3. The lowest BCUT2D eigenvalue weighted by Gasteiger charge is -2.23. The molecule has 0 atom stereocenters. The zero-order chi connectivity index (χ0) is 32.3. The number of carbonyl (C=O) groups excluding carboxylic acids is 3. The van der Waals surface area contributed by atoms with E-state index in [9.17, 15) is 24.5 Å². The van der Waals surface area contributed by atoms with Gasteiger partial charge in [0.2, 0.25) is 5.91 Å². The van der Waals surface area contributed by atoms with E-state index in [2.05, 4.69) is 10.6 Å². The number of para-hydroxylation sites is 2. The molecule has 0 heterocycles. The van der Waals surface area contributed by atoms with Crippen LogP contribution in [0, 0.1) is 10.1 Å². The zero-order valence-corrected chi connectivity index (χ0v) is 25.2. The van der Waals surface area contributed by atoms with Crippen molar-refractivity contribution in [3.05, 3.63) is 166 Å². The molecule has 5 rings (SSSR count). The molecule has 0 aliphatic carbocycles. The van der Waals surface area contributed by atoms with Gasteiger partial charge in [0.05, 0.1) is 10.7 Å². The van der Waals surface area contributed by atoms with E-state index in [-0.39, 0.29) is 23.0 Å². The molecule has 0 radical (unpaired) electrons. The number of carbonyl (C=O) groups is 3. The van der Waals surface area contributed by atoms with E-state index in [1.54, 1.807) is 53.4 Å². The van der Waals surface area contributed by atoms with Crippen LogP contribution >= 0.6 is 11.8 Å². The van der Waals surface area contributed by atoms with E-state index in [4.69, 9.17) is 0 Å². The molecule has 0 aliphatic heterocycles. The van der Waals surface area contributed by atoms with Crippen LogP contribution in [0.4, 0.5) is 22.7 Å². The van der Waals surface area contributed by atoms with E-state index in [1.807, 2.05) is 66.7 Å². The van der Waals surface area contributed by atoms with Crippen molar-refractivity contribution < 1.29 is 19.3 Å². The first kappa shape index (κ1) is 31.4. The molecule has 46 heavy (non-hydrogen) atoms. The Morgan fingerprint density at radius 3 is 1.91 bits per heavy atom. The van der Waals surface area contributed by atoms with Gasteiger partial charge in [0.1, 0.15) is 5.70 Å². The minimum atomic E-state index is -0.597. The number of thioether (sulfide) groups is 1. The fourth-order valence-electron chi connectivity index (χ4n) is 4.46. The molecule has 0 spiro atoms. The van der Waals surface area contributed by atoms with E-state index in [1.165, 1.54) is 42.1 Å². The van der Waals surface area contributed by atoms with Crippen LogP contribution in [0.15, 0.2) is 150 Å². The third-order valence-corrected chi connectivity index (χ3v) is 7.65. The maximum absolute atomic E-state index is 13.5. The standard InChI is InChI=1S/C36H28N4O5S/c41-34(39(29-14-6-2-7-15-29)30-16-8-3-9-17-30)25-46-32-18-10-13-28(24-32)37-36(43)33(38-35(42)27-11-4-1-5-12-27)23-26-19-21-31(22-20-26)40(44)45/h1-24H,25H2,(H,37,43)(H,38,42)/b33-23-. The topological polar surface area (TPSA) is 122 Å². The molecule has 0 saturated heterocycles. The molecule has 9 nitrogen and oxygen atoms in total. The molecule has 0 unspecified atom stereocenters. The van der Waals surface area contributed by atoms with E-state index < -0.39 is 16.7 Å². The lowest BCUT2D eigenvalue weighted by Crippen LogP contribution is -2.30. The summed E-state index contributed by atoms with van der Waals surface area (Å²) in [6.07, 6.45) is 1.44. The van der Waals surface area contributed by atoms with E-state index >= 15 is 0 Å². The summed E-state index contributed by atoms with van der Waals surface area (Å²) in [7, 11) is 0. The molecule has 0 fully saturated rings. The minimum absolute atomic E-state index is 0.0581. The van der Waals surface area contributed by atoms with Crippen LogP contribution in [0.5, 0.6) is 0 Å². The Morgan fingerprint density at radius 2 is 1.33 bits per heavy atom. The number of hydrogen-bond acceptors (Lipinski definition) is 6. The average molecular weight is 629 g/mol. The molecular weight excluding hydrogens is 600 g/mol. The number of hydrogen-bond donors (Lipinski definition) is 2. The van der Waals surface area contributed by atoms with Crippen LogP contribution in [0.25, 0.3) is 6.08 Å². The van der Waals surface area contributed by atoms with Crippen molar-refractivity contribution in [3.63, 3.8) is 0 Å². The highest BCUT2D eigenvalue weighted by Crippen LogP contribution is 2.28. The van der Waals surface area contributed by atoms with Crippen LogP contribution < -0.4 is 15.5 Å². The van der Waals surface area contributed by atoms with E-state index in [0.717, 1.165) is 16.3 Å². The predicted molar refractivity (Wildman–Crippen MR) is 181 cm³/mol. The van der Waals surface area contributed by atoms with Gasteiger partial charge in [-0.2, -0.15) is 0 Å². The molecule has 0 bridgehead atoms. The summed E-state index contributed by atoms with van der Waals surface area (Å²) in [6.45, 7) is 0. The van der Waals surface area contributed by atoms with Crippen molar-refractivity contribution in [3.8, 4) is 0 Å². The van der Waals surface area contributed by atoms with E-state index in [0.29, 0.717) is 16.8 Å². The smallest absolute Gasteiger partial charge is 0.272 e. The number of rotatable bonds is 11. The number of benzene rings is 5. The highest BCUT2D eigenvalue weighted by Gasteiger charge is 2.19. The molecule has 0 aliphatic rings. The fourth-order valence-corrected chi connectivity index (χ4v) is 5.27. The predicted octanol–water partition coefficient (Wildman–Crippen LogP) is 7.46. The van der Waals surface area contributed by atoms with Crippen molar-refractivity contribution in [2.24, 2.45) is 0 Å². The minimum Gasteiger partial charge on any atom is -0.321 e. The lowest BCUT2D eigenvalue weighted by atomic mass is 10.1. The summed E-state index contributed by atoms with van der Waals surface area (Å²) in [5.74, 6) is -1.07. The number of nitrogens with one attached hydrogen (secondary N) is 2. The summed E-state index contributed by atoms with van der Waals surface area (Å²) >= 11 is 1.33. The molecule has 3 amide bonds. The van der Waals surface area contributed by atoms with Gasteiger partial charge in [0.15, 0.2) is 0 Å². The highest BCUT2D eigenvalue weighted by atomic mass is 32.2. The quantitative estimate of drug-likeness (QED) is 0.0678. The molecule has 2 N–H and O–H groups in total. The van der Waals surface area contributed by atoms with Gasteiger partial charge in [-0.05, 0) is 78.4 Å². The molecule has 10 heteroatoms. The average Bonchev–Trinajstić information content (AvgIpc) is 3.09. The molecule has 5 aromatic rings. The highest BCUT2D eigenvalue weighted by molar-refractivity contribution is 8.00. The zero-order valence-electron chi connectivity index (χ0n) is 24.4. The Balaban J connectivity index is 1.32. The molecular formula is C36H28N4O5S. The summed E-state index contributed by atoms with van der Waals surface area (Å²) in [5, 5.41) is 16.5. The summed E-state index contributed by atoms with van der Waals surface area (Å²) in [4.78, 5) is 52.9. The summed E-state index contributed by atoms with van der Waals surface area (Å²) in [5.41, 5.74) is 2.64. The lowest BCUT2D eigenvalue weighted by molar-refractivity contribution is -0.384. The maximum Gasteiger partial charge on any atom is 0.272 e. The third-order valence-electron chi connectivity index (χ3n) is 6.68. The molecule has 0 aromatic heterocycles. The van der Waals surface area contributed by atoms with Crippen LogP contribution in [-0.4, -0.2) is 28.4 Å². The number of amides is 3. The molecule has 228 valence electrons. The van der Waals surface area contributed by atoms with Crippen LogP contribution in [0.2, 0.25) is 0 Å². The second-order valence-electron chi connectivity index (χ2n) is 9.90. The van der Waals surface area contributed by atoms with Crippen molar-refractivity contribution in [2.75, 3.05) is 16.0 Å². The van der Waals surface area contributed by atoms with Gasteiger partial charge in [-0.3, -0.25) is 29.4 Å². The number of nitro benzene ring substituents is 1. The van der Waals surface area contributed by atoms with Gasteiger partial charge >= 0.3 is 0 Å². The molecule has 0 saturated carbocycles. The summed E-state index contributed by atoms with van der Waals surface area (Å²) < 4.78 is 0. The number of non-ortho nitro benzene ring substituents is 1. The van der Waals surface area contributed by atoms with Crippen molar-refractivity contribution in [1.29, 1.82) is 0 Å². The van der Waals surface area contributed by atoms with Gasteiger partial charge < -0.3 is 10.6 Å². The Bertz CT molecular complexity index is 1830. The normalized spacial score (nSPS) is 10.9. The van der Waals surface area contributed by atoms with Crippen LogP contribution in [-0.2, 0) is 9.59 Å². The van der Waals surface area contributed by atoms with Crippen molar-refractivity contribution in [2.45, 2.75) is 4.90 Å². The maximum atomic E-state index is 13.5. The van der Waals surface area contributed by atoms with Crippen LogP contribution in [0.3, 0.4) is 0 Å². The van der Waals surface area contributed by atoms with Crippen LogP contribution in [0.1, 0.15) is 15.9 Å². The first-order chi connectivity index (χ1) is 22.4. The van der Waals surface area contributed by atoms with Crippen molar-refractivity contribution in [1.82, 2.24) is 5.32 Å². The first-order valence-electron chi connectivity index (χ1n) is 14.2. The van der Waals surface area contributed by atoms with Crippen molar-refractivity contribution >= 4 is 58.3 Å². The molecule has 5 aromatic carbocycles. The van der Waals surface area contributed by atoms with Gasteiger partial charge in [0, 0.05) is 39.7 Å². The van der Waals surface area contributed by atoms with Gasteiger partial charge in [-0.15, -0.1) is 11.8 Å². The third kappa shape index (κ3) is 8.34. The number of nitrogens with zero attached hydrogens (tertiary/aromatic N) is 2. The second kappa shape index (κ2) is 15.1. The number of nitro groups is 1. The largest absolute Gasteiger partial charge is 0.321 e. The fraction of sp³-hybridized carbons (Fsp3) is 0.0278. The Labute approximate surface area is 269 Å². The summed E-state index contributed by atoms with van der Waals surface area (Å²) in [6, 6.07) is 39.9. The Hall–Kier alpha value is -6.00. The van der Waals surface area contributed by atoms with Gasteiger partial charge in [0.25, 0.3) is 17.5 Å². The van der Waals surface area contributed by atoms with Gasteiger partial charge in [-0.1, -0.05) is 60.7 Å². The second-order valence-corrected chi connectivity index (χ2v) is 10.9. The Morgan fingerprint density at radius 1 is 0.739 bits per heavy atom. The first-order valence-corrected chi connectivity index (χ1v) is 15.2. The van der Waals surface area contributed by atoms with Gasteiger partial charge in [-0.25, -0.2) is 0 Å².